The van der Waals surface area contributed by atoms with Gasteiger partial charge in [0.1, 0.15) is 17.9 Å². The quantitative estimate of drug-likeness (QED) is 0.794. The Labute approximate surface area is 115 Å². The number of hydrogen-bond acceptors (Lipinski definition) is 4. The van der Waals surface area contributed by atoms with Gasteiger partial charge in [0.15, 0.2) is 0 Å². The molecule has 100 valence electrons. The topological polar surface area (TPSA) is 61.0 Å². The van der Waals surface area contributed by atoms with Crippen molar-refractivity contribution >= 4 is 16.9 Å². The molecule has 0 radical (unpaired) electrons. The van der Waals surface area contributed by atoms with Crippen molar-refractivity contribution in [3.05, 3.63) is 59.9 Å². The lowest BCUT2D eigenvalue weighted by molar-refractivity contribution is 0.298. The highest BCUT2D eigenvalue weighted by atomic mass is 19.1. The fraction of sp³-hybridized carbons (Fsp3) is 0.0667. The summed E-state index contributed by atoms with van der Waals surface area (Å²) in [5.74, 6) is -0.164. The predicted molar refractivity (Wildman–Crippen MR) is 74.7 cm³/mol. The SMILES string of the molecule is Nc1nc(OCc2ccccc2)c2cccc(F)c2n1. The molecule has 0 aliphatic carbocycles. The van der Waals surface area contributed by atoms with Crippen molar-refractivity contribution in [2.45, 2.75) is 6.61 Å². The van der Waals surface area contributed by atoms with Crippen LogP contribution in [0.2, 0.25) is 0 Å². The molecule has 3 aromatic rings. The summed E-state index contributed by atoms with van der Waals surface area (Å²) in [5.41, 5.74) is 6.76. The Bertz CT molecular complexity index is 747. The van der Waals surface area contributed by atoms with Gasteiger partial charge in [0.25, 0.3) is 0 Å². The van der Waals surface area contributed by atoms with Crippen LogP contribution in [0, 0.1) is 5.82 Å². The molecule has 4 nitrogen and oxygen atoms in total. The van der Waals surface area contributed by atoms with E-state index in [1.54, 1.807) is 12.1 Å². The molecule has 0 atom stereocenters. The number of benzene rings is 2. The smallest absolute Gasteiger partial charge is 0.226 e. The lowest BCUT2D eigenvalue weighted by Gasteiger charge is -2.09. The molecule has 5 heteroatoms. The zero-order valence-corrected chi connectivity index (χ0v) is 10.6. The van der Waals surface area contributed by atoms with Crippen LogP contribution in [0.1, 0.15) is 5.56 Å². The van der Waals surface area contributed by atoms with Crippen molar-refractivity contribution in [2.75, 3.05) is 5.73 Å². The van der Waals surface area contributed by atoms with Gasteiger partial charge in [-0.1, -0.05) is 36.4 Å². The lowest BCUT2D eigenvalue weighted by Crippen LogP contribution is -2.03. The van der Waals surface area contributed by atoms with Crippen LogP contribution in [0.3, 0.4) is 0 Å². The van der Waals surface area contributed by atoms with Crippen LogP contribution in [-0.4, -0.2) is 9.97 Å². The normalized spacial score (nSPS) is 10.7. The maximum Gasteiger partial charge on any atom is 0.226 e. The van der Waals surface area contributed by atoms with E-state index in [0.29, 0.717) is 12.0 Å². The molecule has 3 rings (SSSR count). The Hall–Kier alpha value is -2.69. The summed E-state index contributed by atoms with van der Waals surface area (Å²) in [5, 5.41) is 0.509. The summed E-state index contributed by atoms with van der Waals surface area (Å²) in [7, 11) is 0. The first-order valence-corrected chi connectivity index (χ1v) is 6.12. The largest absolute Gasteiger partial charge is 0.472 e. The molecule has 0 bridgehead atoms. The number of ether oxygens (including phenoxy) is 1. The molecule has 0 spiro atoms. The highest BCUT2D eigenvalue weighted by molar-refractivity contribution is 5.84. The highest BCUT2D eigenvalue weighted by Gasteiger charge is 2.10. The zero-order chi connectivity index (χ0) is 13.9. The van der Waals surface area contributed by atoms with E-state index in [1.165, 1.54) is 6.07 Å². The molecule has 2 aromatic carbocycles. The molecule has 0 unspecified atom stereocenters. The number of nitrogen functional groups attached to an aromatic ring is 1. The average Bonchev–Trinajstić information content (AvgIpc) is 2.47. The molecular weight excluding hydrogens is 257 g/mol. The van der Waals surface area contributed by atoms with Gasteiger partial charge in [-0.25, -0.2) is 9.37 Å². The first kappa shape index (κ1) is 12.3. The average molecular weight is 269 g/mol. The van der Waals surface area contributed by atoms with Gasteiger partial charge >= 0.3 is 0 Å². The standard InChI is InChI=1S/C15H12FN3O/c16-12-8-4-7-11-13(12)18-15(17)19-14(11)20-9-10-5-2-1-3-6-10/h1-8H,9H2,(H2,17,18,19). The lowest BCUT2D eigenvalue weighted by atomic mass is 10.2. The van der Waals surface area contributed by atoms with E-state index >= 15 is 0 Å². The van der Waals surface area contributed by atoms with Gasteiger partial charge in [-0.2, -0.15) is 4.98 Å². The van der Waals surface area contributed by atoms with E-state index in [-0.39, 0.29) is 17.3 Å². The van der Waals surface area contributed by atoms with Crippen LogP contribution in [0.5, 0.6) is 5.88 Å². The molecule has 1 heterocycles. The minimum Gasteiger partial charge on any atom is -0.472 e. The van der Waals surface area contributed by atoms with Crippen LogP contribution >= 0.6 is 0 Å². The number of para-hydroxylation sites is 1. The Morgan fingerprint density at radius 2 is 1.80 bits per heavy atom. The maximum absolute atomic E-state index is 13.7. The summed E-state index contributed by atoms with van der Waals surface area (Å²) in [4.78, 5) is 7.94. The van der Waals surface area contributed by atoms with Crippen LogP contribution in [0.25, 0.3) is 10.9 Å². The summed E-state index contributed by atoms with van der Waals surface area (Å²) in [6, 6.07) is 14.3. The molecular formula is C15H12FN3O. The second kappa shape index (κ2) is 5.13. The second-order valence-corrected chi connectivity index (χ2v) is 4.30. The van der Waals surface area contributed by atoms with Crippen molar-refractivity contribution in [1.29, 1.82) is 0 Å². The number of aromatic nitrogens is 2. The molecule has 0 amide bonds. The monoisotopic (exact) mass is 269 g/mol. The molecule has 0 aliphatic rings. The number of halogens is 1. The van der Waals surface area contributed by atoms with Crippen molar-refractivity contribution in [1.82, 2.24) is 9.97 Å². The highest BCUT2D eigenvalue weighted by Crippen LogP contribution is 2.25. The van der Waals surface area contributed by atoms with Gasteiger partial charge in [0.05, 0.1) is 5.39 Å². The van der Waals surface area contributed by atoms with E-state index in [0.717, 1.165) is 5.56 Å². The van der Waals surface area contributed by atoms with Gasteiger partial charge in [-0.3, -0.25) is 0 Å². The van der Waals surface area contributed by atoms with E-state index in [9.17, 15) is 4.39 Å². The molecule has 2 N–H and O–H groups in total. The Balaban J connectivity index is 1.97. The number of hydrogen-bond donors (Lipinski definition) is 1. The van der Waals surface area contributed by atoms with Gasteiger partial charge in [0, 0.05) is 0 Å². The number of nitrogens with two attached hydrogens (primary N) is 1. The summed E-state index contributed by atoms with van der Waals surface area (Å²) in [6.07, 6.45) is 0. The predicted octanol–water partition coefficient (Wildman–Crippen LogP) is 2.93. The van der Waals surface area contributed by atoms with Crippen molar-refractivity contribution < 1.29 is 9.13 Å². The number of rotatable bonds is 3. The first-order chi connectivity index (χ1) is 9.74. The molecule has 0 saturated carbocycles. The third-order valence-corrected chi connectivity index (χ3v) is 2.88. The van der Waals surface area contributed by atoms with Gasteiger partial charge < -0.3 is 10.5 Å². The van der Waals surface area contributed by atoms with Crippen LogP contribution in [0.4, 0.5) is 10.3 Å². The Morgan fingerprint density at radius 1 is 1.00 bits per heavy atom. The number of fused-ring (bicyclic) bond motifs is 1. The minimum absolute atomic E-state index is 0.00865. The van der Waals surface area contributed by atoms with Crippen molar-refractivity contribution in [3.8, 4) is 5.88 Å². The molecule has 0 fully saturated rings. The molecule has 20 heavy (non-hydrogen) atoms. The van der Waals surface area contributed by atoms with Gasteiger partial charge in [-0.05, 0) is 17.7 Å². The zero-order valence-electron chi connectivity index (χ0n) is 10.6. The van der Waals surface area contributed by atoms with Gasteiger partial charge in [0.2, 0.25) is 11.8 Å². The third-order valence-electron chi connectivity index (χ3n) is 2.88. The van der Waals surface area contributed by atoms with E-state index < -0.39 is 5.82 Å². The van der Waals surface area contributed by atoms with Crippen LogP contribution in [0.15, 0.2) is 48.5 Å². The number of anilines is 1. The van der Waals surface area contributed by atoms with E-state index in [4.69, 9.17) is 10.5 Å². The third kappa shape index (κ3) is 2.38. The first-order valence-electron chi connectivity index (χ1n) is 6.12. The summed E-state index contributed by atoms with van der Waals surface area (Å²) >= 11 is 0. The molecule has 1 aromatic heterocycles. The van der Waals surface area contributed by atoms with E-state index in [1.807, 2.05) is 30.3 Å². The second-order valence-electron chi connectivity index (χ2n) is 4.30. The Morgan fingerprint density at radius 3 is 2.60 bits per heavy atom. The van der Waals surface area contributed by atoms with Gasteiger partial charge in [-0.15, -0.1) is 0 Å². The fourth-order valence-electron chi connectivity index (χ4n) is 1.94. The van der Waals surface area contributed by atoms with E-state index in [2.05, 4.69) is 9.97 Å². The van der Waals surface area contributed by atoms with Crippen molar-refractivity contribution in [2.24, 2.45) is 0 Å². The number of nitrogens with zero attached hydrogens (tertiary/aromatic N) is 2. The van der Waals surface area contributed by atoms with Crippen LogP contribution < -0.4 is 10.5 Å². The minimum atomic E-state index is -0.443. The van der Waals surface area contributed by atoms with Crippen LogP contribution in [-0.2, 0) is 6.61 Å². The fourth-order valence-corrected chi connectivity index (χ4v) is 1.94. The maximum atomic E-state index is 13.7. The summed E-state index contributed by atoms with van der Waals surface area (Å²) in [6.45, 7) is 0.336. The summed E-state index contributed by atoms with van der Waals surface area (Å²) < 4.78 is 19.4. The van der Waals surface area contributed by atoms with Crippen molar-refractivity contribution in [3.63, 3.8) is 0 Å². The molecule has 0 saturated heterocycles. The Kier molecular flexibility index (Phi) is 3.16. The molecule has 0 aliphatic heterocycles.